The molecule has 29 heavy (non-hydrogen) atoms. The molecule has 1 aromatic carbocycles. The molecule has 0 spiro atoms. The summed E-state index contributed by atoms with van der Waals surface area (Å²) >= 11 is 1.48. The summed E-state index contributed by atoms with van der Waals surface area (Å²) in [4.78, 5) is 23.7. The third-order valence-corrected chi connectivity index (χ3v) is 6.66. The topological polar surface area (TPSA) is 81.3 Å². The molecule has 0 unspecified atom stereocenters. The number of carbonyl (C=O) groups is 1. The molecule has 2 aromatic heterocycles. The standard InChI is InChI=1S/C22H24N4O2S/c23-21-25-18-9-8-14(12-20(18)29-21)15-11-19-17(24-13-15)7-4-10-26(19)22(27)28-16-5-2-1-3-6-16/h8-9,11-13,16H,1-7,10H2,(H2,23,25). The van der Waals surface area contributed by atoms with Crippen LogP contribution in [0.5, 0.6) is 0 Å². The summed E-state index contributed by atoms with van der Waals surface area (Å²) in [5.74, 6) is 0. The van der Waals surface area contributed by atoms with Crippen molar-refractivity contribution in [1.82, 2.24) is 9.97 Å². The molecule has 2 N–H and O–H groups in total. The van der Waals surface area contributed by atoms with E-state index in [1.807, 2.05) is 18.3 Å². The maximum absolute atomic E-state index is 12.9. The molecule has 3 heterocycles. The number of anilines is 2. The van der Waals surface area contributed by atoms with Crippen LogP contribution in [0.4, 0.5) is 15.6 Å². The smallest absolute Gasteiger partial charge is 0.414 e. The summed E-state index contributed by atoms with van der Waals surface area (Å²) in [7, 11) is 0. The van der Waals surface area contributed by atoms with Crippen molar-refractivity contribution < 1.29 is 9.53 Å². The van der Waals surface area contributed by atoms with Gasteiger partial charge in [-0.25, -0.2) is 9.78 Å². The van der Waals surface area contributed by atoms with Crippen LogP contribution in [0.3, 0.4) is 0 Å². The van der Waals surface area contributed by atoms with Crippen molar-refractivity contribution in [3.8, 4) is 11.1 Å². The van der Waals surface area contributed by atoms with Gasteiger partial charge in [0.05, 0.1) is 21.6 Å². The molecule has 6 nitrogen and oxygen atoms in total. The summed E-state index contributed by atoms with van der Waals surface area (Å²) in [6.07, 6.45) is 8.98. The van der Waals surface area contributed by atoms with Gasteiger partial charge in [0.15, 0.2) is 5.13 Å². The maximum atomic E-state index is 12.9. The Labute approximate surface area is 173 Å². The second kappa shape index (κ2) is 7.63. The maximum Gasteiger partial charge on any atom is 0.414 e. The molecule has 0 saturated heterocycles. The number of fused-ring (bicyclic) bond motifs is 2. The van der Waals surface area contributed by atoms with Crippen molar-refractivity contribution in [3.63, 3.8) is 0 Å². The van der Waals surface area contributed by atoms with Crippen LogP contribution in [0.15, 0.2) is 30.5 Å². The molecule has 0 radical (unpaired) electrons. The fourth-order valence-electron chi connectivity index (χ4n) is 4.29. The normalized spacial score (nSPS) is 17.3. The molecular formula is C22H24N4O2S. The quantitative estimate of drug-likeness (QED) is 0.633. The van der Waals surface area contributed by atoms with Crippen LogP contribution in [0.1, 0.15) is 44.2 Å². The summed E-state index contributed by atoms with van der Waals surface area (Å²) < 4.78 is 6.88. The highest BCUT2D eigenvalue weighted by molar-refractivity contribution is 7.22. The lowest BCUT2D eigenvalue weighted by Crippen LogP contribution is -2.38. The number of ether oxygens (including phenoxy) is 1. The molecule has 1 saturated carbocycles. The number of rotatable bonds is 2. The molecule has 3 aromatic rings. The van der Waals surface area contributed by atoms with E-state index in [4.69, 9.17) is 10.5 Å². The van der Waals surface area contributed by atoms with E-state index in [0.29, 0.717) is 11.7 Å². The highest BCUT2D eigenvalue weighted by Gasteiger charge is 2.28. The number of thiazole rings is 1. The van der Waals surface area contributed by atoms with E-state index < -0.39 is 0 Å². The Balaban J connectivity index is 1.44. The minimum absolute atomic E-state index is 0.0527. The van der Waals surface area contributed by atoms with Gasteiger partial charge in [0.2, 0.25) is 0 Å². The molecule has 5 rings (SSSR count). The van der Waals surface area contributed by atoms with Gasteiger partial charge in [-0.1, -0.05) is 23.8 Å². The van der Waals surface area contributed by atoms with E-state index in [1.54, 1.807) is 4.90 Å². The Morgan fingerprint density at radius 3 is 2.86 bits per heavy atom. The lowest BCUT2D eigenvalue weighted by Gasteiger charge is -2.31. The number of aromatic nitrogens is 2. The number of nitrogens with two attached hydrogens (primary N) is 1. The third-order valence-electron chi connectivity index (χ3n) is 5.81. The number of nitrogen functional groups attached to an aromatic ring is 1. The Hall–Kier alpha value is -2.67. The molecule has 1 aliphatic carbocycles. The van der Waals surface area contributed by atoms with Gasteiger partial charge >= 0.3 is 6.09 Å². The number of hydrogen-bond donors (Lipinski definition) is 1. The van der Waals surface area contributed by atoms with Crippen LogP contribution in [0.2, 0.25) is 0 Å². The number of aryl methyl sites for hydroxylation is 1. The molecule has 7 heteroatoms. The van der Waals surface area contributed by atoms with Crippen molar-refractivity contribution in [1.29, 1.82) is 0 Å². The van der Waals surface area contributed by atoms with Crippen LogP contribution in [0, 0.1) is 0 Å². The van der Waals surface area contributed by atoms with Gasteiger partial charge in [-0.15, -0.1) is 0 Å². The van der Waals surface area contributed by atoms with E-state index in [-0.39, 0.29) is 12.2 Å². The van der Waals surface area contributed by atoms with E-state index >= 15 is 0 Å². The Kier molecular flexibility index (Phi) is 4.83. The first kappa shape index (κ1) is 18.4. The first-order chi connectivity index (χ1) is 14.2. The number of amides is 1. The Morgan fingerprint density at radius 1 is 1.14 bits per heavy atom. The Morgan fingerprint density at radius 2 is 2.00 bits per heavy atom. The molecule has 1 amide bonds. The number of pyridine rings is 1. The van der Waals surface area contributed by atoms with E-state index in [2.05, 4.69) is 22.1 Å². The summed E-state index contributed by atoms with van der Waals surface area (Å²) in [5.41, 5.74) is 10.6. The highest BCUT2D eigenvalue weighted by Crippen LogP contribution is 2.34. The van der Waals surface area contributed by atoms with Crippen molar-refractivity contribution in [2.45, 2.75) is 51.0 Å². The molecule has 1 fully saturated rings. The zero-order chi connectivity index (χ0) is 19.8. The molecule has 1 aliphatic heterocycles. The van der Waals surface area contributed by atoms with Crippen LogP contribution >= 0.6 is 11.3 Å². The summed E-state index contributed by atoms with van der Waals surface area (Å²) in [5, 5.41) is 0.567. The first-order valence-corrected chi connectivity index (χ1v) is 11.1. The second-order valence-corrected chi connectivity index (χ2v) is 8.89. The average Bonchev–Trinajstić information content (AvgIpc) is 3.12. The summed E-state index contributed by atoms with van der Waals surface area (Å²) in [6, 6.07) is 8.15. The summed E-state index contributed by atoms with van der Waals surface area (Å²) in [6.45, 7) is 0.675. The number of benzene rings is 1. The zero-order valence-electron chi connectivity index (χ0n) is 16.3. The van der Waals surface area contributed by atoms with E-state index in [9.17, 15) is 4.79 Å². The molecule has 0 atom stereocenters. The second-order valence-electron chi connectivity index (χ2n) is 7.82. The molecule has 0 bridgehead atoms. The predicted molar refractivity (Wildman–Crippen MR) is 116 cm³/mol. The van der Waals surface area contributed by atoms with Gasteiger partial charge in [-0.2, -0.15) is 0 Å². The minimum Gasteiger partial charge on any atom is -0.446 e. The Bertz CT molecular complexity index is 1060. The van der Waals surface area contributed by atoms with Crippen LogP contribution in [-0.4, -0.2) is 28.7 Å². The van der Waals surface area contributed by atoms with Gasteiger partial charge in [-0.05, 0) is 62.3 Å². The average molecular weight is 409 g/mol. The number of nitrogens with zero attached hydrogens (tertiary/aromatic N) is 3. The largest absolute Gasteiger partial charge is 0.446 e. The predicted octanol–water partition coefficient (Wildman–Crippen LogP) is 5.16. The fraction of sp³-hybridized carbons (Fsp3) is 0.409. The first-order valence-electron chi connectivity index (χ1n) is 10.3. The van der Waals surface area contributed by atoms with Crippen LogP contribution in [-0.2, 0) is 11.2 Å². The lowest BCUT2D eigenvalue weighted by atomic mass is 9.98. The van der Waals surface area contributed by atoms with Gasteiger partial charge < -0.3 is 10.5 Å². The van der Waals surface area contributed by atoms with Gasteiger partial charge in [-0.3, -0.25) is 9.88 Å². The van der Waals surface area contributed by atoms with Crippen molar-refractivity contribution in [3.05, 3.63) is 36.2 Å². The SMILES string of the molecule is Nc1nc2ccc(-c3cnc4c(c3)N(C(=O)OC3CCCCC3)CCC4)cc2s1. The van der Waals surface area contributed by atoms with Gasteiger partial charge in [0, 0.05) is 18.3 Å². The van der Waals surface area contributed by atoms with E-state index in [1.165, 1.54) is 17.8 Å². The van der Waals surface area contributed by atoms with Crippen LogP contribution in [0.25, 0.3) is 21.3 Å². The van der Waals surface area contributed by atoms with E-state index in [0.717, 1.165) is 71.2 Å². The molecule has 2 aliphatic rings. The molecular weight excluding hydrogens is 384 g/mol. The minimum atomic E-state index is -0.234. The van der Waals surface area contributed by atoms with Gasteiger partial charge in [0.1, 0.15) is 6.10 Å². The lowest BCUT2D eigenvalue weighted by molar-refractivity contribution is 0.0805. The fourth-order valence-corrected chi connectivity index (χ4v) is 5.06. The third kappa shape index (κ3) is 3.67. The van der Waals surface area contributed by atoms with Crippen molar-refractivity contribution in [2.75, 3.05) is 17.2 Å². The zero-order valence-corrected chi connectivity index (χ0v) is 17.1. The van der Waals surface area contributed by atoms with Gasteiger partial charge in [0.25, 0.3) is 0 Å². The highest BCUT2D eigenvalue weighted by atomic mass is 32.1. The van der Waals surface area contributed by atoms with Crippen molar-refractivity contribution in [2.24, 2.45) is 0 Å². The number of hydrogen-bond acceptors (Lipinski definition) is 6. The van der Waals surface area contributed by atoms with Crippen molar-refractivity contribution >= 4 is 38.5 Å². The molecule has 150 valence electrons. The van der Waals surface area contributed by atoms with Crippen LogP contribution < -0.4 is 10.6 Å². The monoisotopic (exact) mass is 408 g/mol. The number of carbonyl (C=O) groups excluding carboxylic acids is 1.